The first-order valence-corrected chi connectivity index (χ1v) is 16.1. The van der Waals surface area contributed by atoms with Gasteiger partial charge >= 0.3 is 0 Å². The van der Waals surface area contributed by atoms with Crippen molar-refractivity contribution in [3.63, 3.8) is 0 Å². The lowest BCUT2D eigenvalue weighted by Gasteiger charge is -2.22. The molecule has 0 radical (unpaired) electrons. The number of benzene rings is 1. The SMILES string of the molecule is CC.CCCCc1nc(C)n(/C(=C/N=C(C)OC2CCOCC2)CC)c(=O)c1Cc1ccc(C2=CCC=CC=C2C#N)cc1. The molecule has 7 heteroatoms. The van der Waals surface area contributed by atoms with Crippen molar-refractivity contribution >= 4 is 17.2 Å². The molecule has 0 saturated carbocycles. The van der Waals surface area contributed by atoms with Crippen LogP contribution in [-0.4, -0.2) is 34.8 Å². The highest BCUT2D eigenvalue weighted by atomic mass is 16.5. The normalized spacial score (nSPS) is 15.8. The fourth-order valence-corrected chi connectivity index (χ4v) is 5.33. The molecule has 4 rings (SSSR count). The van der Waals surface area contributed by atoms with E-state index in [4.69, 9.17) is 14.5 Å². The van der Waals surface area contributed by atoms with Crippen LogP contribution in [0.15, 0.2) is 70.1 Å². The molecule has 1 aromatic carbocycles. The van der Waals surface area contributed by atoms with Crippen LogP contribution in [0.5, 0.6) is 0 Å². The van der Waals surface area contributed by atoms with E-state index in [9.17, 15) is 10.1 Å². The van der Waals surface area contributed by atoms with Gasteiger partial charge in [0.1, 0.15) is 11.9 Å². The highest BCUT2D eigenvalue weighted by Gasteiger charge is 2.18. The molecule has 0 N–H and O–H groups in total. The Bertz CT molecular complexity index is 1490. The van der Waals surface area contributed by atoms with Gasteiger partial charge < -0.3 is 9.47 Å². The summed E-state index contributed by atoms with van der Waals surface area (Å²) >= 11 is 0. The molecule has 1 aliphatic heterocycles. The Balaban J connectivity index is 0.00000259. The van der Waals surface area contributed by atoms with E-state index < -0.39 is 0 Å². The summed E-state index contributed by atoms with van der Waals surface area (Å²) in [6.45, 7) is 13.3. The van der Waals surface area contributed by atoms with Crippen molar-refractivity contribution in [2.75, 3.05) is 13.2 Å². The molecule has 234 valence electrons. The number of nitriles is 1. The van der Waals surface area contributed by atoms with Gasteiger partial charge in [0.15, 0.2) is 5.90 Å². The summed E-state index contributed by atoms with van der Waals surface area (Å²) in [4.78, 5) is 23.6. The fraction of sp³-hybridized carbons (Fsp3) is 0.459. The first-order valence-electron chi connectivity index (χ1n) is 16.1. The van der Waals surface area contributed by atoms with Gasteiger partial charge in [-0.2, -0.15) is 5.26 Å². The Kier molecular flexibility index (Phi) is 14.1. The van der Waals surface area contributed by atoms with Crippen LogP contribution in [0.4, 0.5) is 0 Å². The van der Waals surface area contributed by atoms with Crippen LogP contribution in [0.2, 0.25) is 0 Å². The summed E-state index contributed by atoms with van der Waals surface area (Å²) < 4.78 is 13.1. The van der Waals surface area contributed by atoms with Gasteiger partial charge in [0.05, 0.1) is 36.7 Å². The van der Waals surface area contributed by atoms with Gasteiger partial charge in [-0.05, 0) is 55.4 Å². The molecule has 0 spiro atoms. The van der Waals surface area contributed by atoms with E-state index >= 15 is 0 Å². The first-order chi connectivity index (χ1) is 21.4. The summed E-state index contributed by atoms with van der Waals surface area (Å²) in [7, 11) is 0. The van der Waals surface area contributed by atoms with Gasteiger partial charge in [0.25, 0.3) is 5.56 Å². The number of hydrogen-bond donors (Lipinski definition) is 0. The predicted octanol–water partition coefficient (Wildman–Crippen LogP) is 8.13. The van der Waals surface area contributed by atoms with Crippen LogP contribution >= 0.6 is 0 Å². The van der Waals surface area contributed by atoms with Crippen LogP contribution in [-0.2, 0) is 22.3 Å². The third kappa shape index (κ3) is 9.24. The summed E-state index contributed by atoms with van der Waals surface area (Å²) in [6, 6.07) is 10.5. The Hall–Kier alpha value is -4.02. The highest BCUT2D eigenvalue weighted by Crippen LogP contribution is 2.26. The smallest absolute Gasteiger partial charge is 0.261 e. The Labute approximate surface area is 263 Å². The van der Waals surface area contributed by atoms with Crippen LogP contribution in [0.1, 0.15) is 101 Å². The number of aliphatic imine (C=N–C) groups is 1. The second kappa shape index (κ2) is 17.9. The third-order valence-corrected chi connectivity index (χ3v) is 7.66. The highest BCUT2D eigenvalue weighted by molar-refractivity contribution is 5.83. The minimum absolute atomic E-state index is 0.0452. The summed E-state index contributed by atoms with van der Waals surface area (Å²) in [5.41, 5.74) is 5.93. The van der Waals surface area contributed by atoms with Crippen molar-refractivity contribution in [3.05, 3.63) is 98.9 Å². The van der Waals surface area contributed by atoms with Gasteiger partial charge in [-0.25, -0.2) is 9.98 Å². The number of unbranched alkanes of at least 4 members (excludes halogenated alkanes) is 1. The molecule has 7 nitrogen and oxygen atoms in total. The van der Waals surface area contributed by atoms with Gasteiger partial charge in [0, 0.05) is 37.4 Å². The standard InChI is InChI=1S/C35H42N4O3.C2H6/c1-5-7-13-34-33(22-27-14-16-28(17-15-27)32-12-10-8-9-11-29(32)23-36)35(40)39(25(3)38-34)30(6-2)24-37-26(4)42-31-18-20-41-21-19-31;1-2/h8-9,11-12,14-17,24,31H,5-7,10,13,18-22H2,1-4H3;1-2H3/b30-24+,37-26?;. The van der Waals surface area contributed by atoms with Gasteiger partial charge in [0.2, 0.25) is 0 Å². The lowest BCUT2D eigenvalue weighted by Crippen LogP contribution is -2.29. The second-order valence-electron chi connectivity index (χ2n) is 10.7. The van der Waals surface area contributed by atoms with Gasteiger partial charge in [-0.3, -0.25) is 9.36 Å². The fourth-order valence-electron chi connectivity index (χ4n) is 5.33. The van der Waals surface area contributed by atoms with Crippen LogP contribution in [0.3, 0.4) is 0 Å². The minimum Gasteiger partial charge on any atom is -0.477 e. The molecular weight excluding hydrogens is 548 g/mol. The molecule has 1 aromatic heterocycles. The van der Waals surface area contributed by atoms with Crippen LogP contribution in [0.25, 0.3) is 11.3 Å². The van der Waals surface area contributed by atoms with Crippen LogP contribution in [0, 0.1) is 18.3 Å². The van der Waals surface area contributed by atoms with Gasteiger partial charge in [-0.15, -0.1) is 0 Å². The molecular formula is C37H48N4O3. The molecule has 2 aromatic rings. The maximum absolute atomic E-state index is 14.1. The zero-order valence-electron chi connectivity index (χ0n) is 27.4. The number of aryl methyl sites for hydroxylation is 2. The van der Waals surface area contributed by atoms with Crippen molar-refractivity contribution in [1.82, 2.24) is 9.55 Å². The lowest BCUT2D eigenvalue weighted by atomic mass is 9.95. The van der Waals surface area contributed by atoms with E-state index in [1.54, 1.807) is 10.8 Å². The topological polar surface area (TPSA) is 89.5 Å². The van der Waals surface area contributed by atoms with Crippen molar-refractivity contribution in [2.45, 2.75) is 99.0 Å². The third-order valence-electron chi connectivity index (χ3n) is 7.66. The van der Waals surface area contributed by atoms with Crippen molar-refractivity contribution in [2.24, 2.45) is 4.99 Å². The molecule has 0 amide bonds. The zero-order valence-corrected chi connectivity index (χ0v) is 27.4. The molecule has 1 aliphatic carbocycles. The Morgan fingerprint density at radius 1 is 1.20 bits per heavy atom. The second-order valence-corrected chi connectivity index (χ2v) is 10.7. The Morgan fingerprint density at radius 3 is 2.59 bits per heavy atom. The number of allylic oxidation sites excluding steroid dienone is 7. The van der Waals surface area contributed by atoms with E-state index in [0.29, 0.717) is 43.4 Å². The number of nitrogens with zero attached hydrogens (tertiary/aromatic N) is 4. The maximum atomic E-state index is 14.1. The monoisotopic (exact) mass is 596 g/mol. The Morgan fingerprint density at radius 2 is 1.93 bits per heavy atom. The van der Waals surface area contributed by atoms with E-state index in [-0.39, 0.29) is 11.7 Å². The number of rotatable bonds is 10. The average Bonchev–Trinajstić information content (AvgIpc) is 3.30. The van der Waals surface area contributed by atoms with E-state index in [1.165, 1.54) is 0 Å². The summed E-state index contributed by atoms with van der Waals surface area (Å²) in [5, 5.41) is 9.62. The summed E-state index contributed by atoms with van der Waals surface area (Å²) in [5.74, 6) is 1.25. The van der Waals surface area contributed by atoms with Crippen molar-refractivity contribution in [3.8, 4) is 6.07 Å². The maximum Gasteiger partial charge on any atom is 0.261 e. The van der Waals surface area contributed by atoms with Gasteiger partial charge in [-0.1, -0.05) is 76.6 Å². The molecule has 1 saturated heterocycles. The number of ether oxygens (including phenoxy) is 2. The van der Waals surface area contributed by atoms with E-state index in [0.717, 1.165) is 72.2 Å². The molecule has 0 unspecified atom stereocenters. The molecule has 2 heterocycles. The van der Waals surface area contributed by atoms with Crippen molar-refractivity contribution < 1.29 is 9.47 Å². The summed E-state index contributed by atoms with van der Waals surface area (Å²) in [6.07, 6.45) is 16.1. The molecule has 1 fully saturated rings. The largest absolute Gasteiger partial charge is 0.477 e. The minimum atomic E-state index is -0.0452. The van der Waals surface area contributed by atoms with E-state index in [2.05, 4.69) is 36.2 Å². The average molecular weight is 597 g/mol. The number of hydrogen-bond acceptors (Lipinski definition) is 6. The lowest BCUT2D eigenvalue weighted by molar-refractivity contribution is 0.0200. The quantitative estimate of drug-likeness (QED) is 0.204. The van der Waals surface area contributed by atoms with Crippen LogP contribution < -0.4 is 5.56 Å². The molecule has 0 bridgehead atoms. The molecule has 44 heavy (non-hydrogen) atoms. The number of aromatic nitrogens is 2. The predicted molar refractivity (Wildman–Crippen MR) is 180 cm³/mol. The first kappa shape index (κ1) is 34.5. The zero-order chi connectivity index (χ0) is 31.9. The van der Waals surface area contributed by atoms with Crippen molar-refractivity contribution in [1.29, 1.82) is 5.26 Å². The molecule has 2 aliphatic rings. The van der Waals surface area contributed by atoms with E-state index in [1.807, 2.05) is 65.0 Å². The molecule has 0 atom stereocenters.